The minimum absolute atomic E-state index is 0.0456. The highest BCUT2D eigenvalue weighted by Crippen LogP contribution is 2.20. The number of amides is 1. The Hall–Kier alpha value is -2.93. The molecule has 4 aromatic rings. The van der Waals surface area contributed by atoms with Gasteiger partial charge in [0.2, 0.25) is 5.91 Å². The SMILES string of the molecule is O=C(Cn1cnc2ccccc2c1=O)NCCn1ccc2cc(Br)ccc21. The van der Waals surface area contributed by atoms with Gasteiger partial charge in [0, 0.05) is 34.7 Å². The van der Waals surface area contributed by atoms with Gasteiger partial charge in [0.15, 0.2) is 0 Å². The fourth-order valence-corrected chi connectivity index (χ4v) is 3.49. The van der Waals surface area contributed by atoms with Gasteiger partial charge in [0.1, 0.15) is 6.54 Å². The molecule has 1 amide bonds. The maximum atomic E-state index is 12.4. The van der Waals surface area contributed by atoms with Gasteiger partial charge in [-0.15, -0.1) is 0 Å². The van der Waals surface area contributed by atoms with Crippen molar-refractivity contribution in [3.63, 3.8) is 0 Å². The number of aromatic nitrogens is 3. The summed E-state index contributed by atoms with van der Waals surface area (Å²) in [5.41, 5.74) is 1.53. The number of para-hydroxylation sites is 1. The van der Waals surface area contributed by atoms with E-state index in [1.807, 2.05) is 30.5 Å². The molecule has 0 bridgehead atoms. The molecule has 0 aliphatic heterocycles. The zero-order valence-electron chi connectivity index (χ0n) is 14.4. The number of nitrogens with zero attached hydrogens (tertiary/aromatic N) is 3. The summed E-state index contributed by atoms with van der Waals surface area (Å²) >= 11 is 3.47. The Kier molecular flexibility index (Phi) is 4.77. The van der Waals surface area contributed by atoms with Crippen molar-refractivity contribution in [2.45, 2.75) is 13.1 Å². The summed E-state index contributed by atoms with van der Waals surface area (Å²) in [5.74, 6) is -0.214. The van der Waals surface area contributed by atoms with Crippen LogP contribution in [-0.4, -0.2) is 26.6 Å². The van der Waals surface area contributed by atoms with Gasteiger partial charge in [-0.1, -0.05) is 28.1 Å². The van der Waals surface area contributed by atoms with Gasteiger partial charge < -0.3 is 9.88 Å². The Morgan fingerprint density at radius 1 is 1.11 bits per heavy atom. The largest absolute Gasteiger partial charge is 0.353 e. The normalized spacial score (nSPS) is 11.1. The van der Waals surface area contributed by atoms with Crippen LogP contribution >= 0.6 is 15.9 Å². The zero-order valence-corrected chi connectivity index (χ0v) is 16.0. The molecule has 136 valence electrons. The highest BCUT2D eigenvalue weighted by Gasteiger charge is 2.08. The van der Waals surface area contributed by atoms with E-state index in [9.17, 15) is 9.59 Å². The van der Waals surface area contributed by atoms with E-state index in [-0.39, 0.29) is 18.0 Å². The smallest absolute Gasteiger partial charge is 0.261 e. The van der Waals surface area contributed by atoms with E-state index in [0.717, 1.165) is 15.4 Å². The van der Waals surface area contributed by atoms with E-state index in [4.69, 9.17) is 0 Å². The van der Waals surface area contributed by atoms with Crippen molar-refractivity contribution in [3.8, 4) is 0 Å². The van der Waals surface area contributed by atoms with Gasteiger partial charge in [-0.2, -0.15) is 0 Å². The molecule has 0 saturated carbocycles. The second-order valence-electron chi connectivity index (χ2n) is 6.26. The van der Waals surface area contributed by atoms with Crippen LogP contribution in [0, 0.1) is 0 Å². The zero-order chi connectivity index (χ0) is 18.8. The predicted octanol–water partition coefficient (Wildman–Crippen LogP) is 2.93. The van der Waals surface area contributed by atoms with Crippen molar-refractivity contribution < 1.29 is 4.79 Å². The Bertz CT molecular complexity index is 1200. The third-order valence-electron chi connectivity index (χ3n) is 4.45. The van der Waals surface area contributed by atoms with Gasteiger partial charge in [-0.3, -0.25) is 14.2 Å². The minimum Gasteiger partial charge on any atom is -0.353 e. The Balaban J connectivity index is 1.40. The first-order chi connectivity index (χ1) is 13.1. The number of benzene rings is 2. The second kappa shape index (κ2) is 7.36. The molecule has 2 aromatic carbocycles. The molecule has 6 nitrogen and oxygen atoms in total. The van der Waals surface area contributed by atoms with Crippen LogP contribution in [-0.2, 0) is 17.9 Å². The first-order valence-electron chi connectivity index (χ1n) is 8.57. The average molecular weight is 425 g/mol. The van der Waals surface area contributed by atoms with Gasteiger partial charge in [-0.25, -0.2) is 4.98 Å². The molecule has 0 aliphatic carbocycles. The van der Waals surface area contributed by atoms with Gasteiger partial charge in [-0.05, 0) is 36.4 Å². The Morgan fingerprint density at radius 3 is 2.85 bits per heavy atom. The van der Waals surface area contributed by atoms with Crippen LogP contribution in [0.2, 0.25) is 0 Å². The first-order valence-corrected chi connectivity index (χ1v) is 9.36. The average Bonchev–Trinajstić information content (AvgIpc) is 3.06. The number of hydrogen-bond acceptors (Lipinski definition) is 3. The summed E-state index contributed by atoms with van der Waals surface area (Å²) in [5, 5.41) is 4.52. The van der Waals surface area contributed by atoms with Gasteiger partial charge in [0.25, 0.3) is 5.56 Å². The summed E-state index contributed by atoms with van der Waals surface area (Å²) in [4.78, 5) is 28.9. The van der Waals surface area contributed by atoms with Crippen LogP contribution in [0.3, 0.4) is 0 Å². The molecule has 0 saturated heterocycles. The van der Waals surface area contributed by atoms with Crippen molar-refractivity contribution in [1.82, 2.24) is 19.4 Å². The topological polar surface area (TPSA) is 68.9 Å². The molecule has 27 heavy (non-hydrogen) atoms. The van der Waals surface area contributed by atoms with Crippen molar-refractivity contribution in [3.05, 3.63) is 75.9 Å². The van der Waals surface area contributed by atoms with Crippen LogP contribution in [0.1, 0.15) is 0 Å². The van der Waals surface area contributed by atoms with Crippen molar-refractivity contribution in [2.75, 3.05) is 6.54 Å². The van der Waals surface area contributed by atoms with E-state index in [1.165, 1.54) is 10.9 Å². The van der Waals surface area contributed by atoms with E-state index < -0.39 is 0 Å². The number of halogens is 1. The maximum Gasteiger partial charge on any atom is 0.261 e. The molecule has 4 rings (SSSR count). The molecule has 0 radical (unpaired) electrons. The highest BCUT2D eigenvalue weighted by molar-refractivity contribution is 9.10. The van der Waals surface area contributed by atoms with E-state index in [1.54, 1.807) is 18.2 Å². The number of hydrogen-bond donors (Lipinski definition) is 1. The van der Waals surface area contributed by atoms with Crippen molar-refractivity contribution in [1.29, 1.82) is 0 Å². The molecule has 0 atom stereocenters. The molecule has 0 spiro atoms. The second-order valence-corrected chi connectivity index (χ2v) is 7.17. The Morgan fingerprint density at radius 2 is 1.96 bits per heavy atom. The molecule has 2 heterocycles. The number of rotatable bonds is 5. The molecular weight excluding hydrogens is 408 g/mol. The predicted molar refractivity (Wildman–Crippen MR) is 109 cm³/mol. The third-order valence-corrected chi connectivity index (χ3v) is 4.95. The lowest BCUT2D eigenvalue weighted by Gasteiger charge is -2.09. The van der Waals surface area contributed by atoms with Crippen LogP contribution in [0.4, 0.5) is 0 Å². The summed E-state index contributed by atoms with van der Waals surface area (Å²) in [7, 11) is 0. The number of nitrogens with one attached hydrogen (secondary N) is 1. The molecule has 0 aliphatic rings. The molecule has 2 aromatic heterocycles. The fraction of sp³-hybridized carbons (Fsp3) is 0.150. The monoisotopic (exact) mass is 424 g/mol. The Labute approximate surface area is 163 Å². The lowest BCUT2D eigenvalue weighted by molar-refractivity contribution is -0.121. The van der Waals surface area contributed by atoms with Crippen molar-refractivity contribution >= 4 is 43.6 Å². The summed E-state index contributed by atoms with van der Waals surface area (Å²) in [6.07, 6.45) is 3.42. The molecule has 1 N–H and O–H groups in total. The minimum atomic E-state index is -0.214. The van der Waals surface area contributed by atoms with E-state index in [0.29, 0.717) is 24.0 Å². The highest BCUT2D eigenvalue weighted by atomic mass is 79.9. The third kappa shape index (κ3) is 3.64. The van der Waals surface area contributed by atoms with Crippen molar-refractivity contribution in [2.24, 2.45) is 0 Å². The number of carbonyl (C=O) groups excluding carboxylic acids is 1. The van der Waals surface area contributed by atoms with E-state index in [2.05, 4.69) is 36.9 Å². The quantitative estimate of drug-likeness (QED) is 0.535. The first kappa shape index (κ1) is 17.5. The van der Waals surface area contributed by atoms with Crippen LogP contribution in [0.25, 0.3) is 21.8 Å². The maximum absolute atomic E-state index is 12.4. The van der Waals surface area contributed by atoms with Gasteiger partial charge in [0.05, 0.1) is 17.2 Å². The summed E-state index contributed by atoms with van der Waals surface area (Å²) in [6.45, 7) is 1.09. The summed E-state index contributed by atoms with van der Waals surface area (Å²) in [6, 6.07) is 15.3. The standard InChI is InChI=1S/C20H17BrN4O2/c21-15-5-6-18-14(11-15)7-9-24(18)10-8-22-19(26)12-25-13-23-17-4-2-1-3-16(17)20(25)27/h1-7,9,11,13H,8,10,12H2,(H,22,26). The number of carbonyl (C=O) groups is 1. The lowest BCUT2D eigenvalue weighted by atomic mass is 10.2. The van der Waals surface area contributed by atoms with Gasteiger partial charge >= 0.3 is 0 Å². The van der Waals surface area contributed by atoms with Crippen LogP contribution in [0.15, 0.2) is 70.3 Å². The van der Waals surface area contributed by atoms with E-state index >= 15 is 0 Å². The van der Waals surface area contributed by atoms with Crippen LogP contribution < -0.4 is 10.9 Å². The number of fused-ring (bicyclic) bond motifs is 2. The fourth-order valence-electron chi connectivity index (χ4n) is 3.11. The lowest BCUT2D eigenvalue weighted by Crippen LogP contribution is -2.34. The molecule has 0 fully saturated rings. The summed E-state index contributed by atoms with van der Waals surface area (Å²) < 4.78 is 4.46. The molecular formula is C20H17BrN4O2. The van der Waals surface area contributed by atoms with Crippen LogP contribution in [0.5, 0.6) is 0 Å². The molecule has 7 heteroatoms. The molecule has 0 unspecified atom stereocenters.